The van der Waals surface area contributed by atoms with E-state index < -0.39 is 0 Å². The Labute approximate surface area is 157 Å². The van der Waals surface area contributed by atoms with Crippen LogP contribution < -0.4 is 10.1 Å². The highest BCUT2D eigenvalue weighted by Gasteiger charge is 2.38. The molecule has 140 valence electrons. The summed E-state index contributed by atoms with van der Waals surface area (Å²) >= 11 is 0. The molecule has 0 spiro atoms. The van der Waals surface area contributed by atoms with E-state index in [1.165, 1.54) is 31.2 Å². The molecular weight excluding hydrogens is 322 g/mol. The van der Waals surface area contributed by atoms with Crippen LogP contribution in [0.5, 0.6) is 5.75 Å². The molecule has 1 aromatic carbocycles. The van der Waals surface area contributed by atoms with Crippen molar-refractivity contribution in [1.29, 1.82) is 0 Å². The molecule has 1 fully saturated rings. The molecule has 4 heteroatoms. The van der Waals surface area contributed by atoms with E-state index in [0.29, 0.717) is 24.5 Å². The maximum Gasteiger partial charge on any atom is 0.195 e. The van der Waals surface area contributed by atoms with E-state index in [1.807, 2.05) is 0 Å². The van der Waals surface area contributed by atoms with Gasteiger partial charge < -0.3 is 10.1 Å². The van der Waals surface area contributed by atoms with Crippen LogP contribution >= 0.6 is 0 Å². The van der Waals surface area contributed by atoms with Gasteiger partial charge in [0.25, 0.3) is 0 Å². The van der Waals surface area contributed by atoms with Crippen molar-refractivity contribution in [2.24, 2.45) is 15.6 Å². The van der Waals surface area contributed by atoms with Gasteiger partial charge in [0.15, 0.2) is 5.66 Å². The highest BCUT2D eigenvalue weighted by Crippen LogP contribution is 2.37. The van der Waals surface area contributed by atoms with E-state index in [-0.39, 0.29) is 5.66 Å². The van der Waals surface area contributed by atoms with Gasteiger partial charge in [0.2, 0.25) is 0 Å². The van der Waals surface area contributed by atoms with Gasteiger partial charge in [-0.1, -0.05) is 32.4 Å². The Morgan fingerprint density at radius 3 is 2.65 bits per heavy atom. The highest BCUT2D eigenvalue weighted by molar-refractivity contribution is 5.27. The molecule has 1 heterocycles. The molecule has 0 aromatic heterocycles. The smallest absolute Gasteiger partial charge is 0.195 e. The third-order valence-corrected chi connectivity index (χ3v) is 5.55. The molecule has 26 heavy (non-hydrogen) atoms. The number of hydrogen-bond donors (Lipinski definition) is 1. The summed E-state index contributed by atoms with van der Waals surface area (Å²) in [6.07, 6.45) is 12.9. The van der Waals surface area contributed by atoms with Crippen LogP contribution in [0.15, 0.2) is 34.5 Å². The van der Waals surface area contributed by atoms with E-state index in [1.54, 1.807) is 0 Å². The maximum absolute atomic E-state index is 5.85. The van der Waals surface area contributed by atoms with Crippen LogP contribution in [0.25, 0.3) is 0 Å². The lowest BCUT2D eigenvalue weighted by atomic mass is 9.75. The van der Waals surface area contributed by atoms with Gasteiger partial charge in [-0.15, -0.1) is 12.3 Å². The molecule has 1 aliphatic carbocycles. The lowest BCUT2D eigenvalue weighted by Crippen LogP contribution is -2.36. The Morgan fingerprint density at radius 1 is 1.23 bits per heavy atom. The number of rotatable bonds is 9. The molecule has 1 unspecified atom stereocenters. The van der Waals surface area contributed by atoms with Gasteiger partial charge in [-0.3, -0.25) is 0 Å². The van der Waals surface area contributed by atoms with Crippen molar-refractivity contribution in [1.82, 2.24) is 5.32 Å². The van der Waals surface area contributed by atoms with Gasteiger partial charge in [0.1, 0.15) is 5.75 Å². The van der Waals surface area contributed by atoms with Crippen LogP contribution in [0.4, 0.5) is 0 Å². The number of hydrogen-bond acceptors (Lipinski definition) is 4. The Balaban J connectivity index is 1.38. The molecule has 1 aromatic rings. The van der Waals surface area contributed by atoms with Crippen LogP contribution in [0.3, 0.4) is 0 Å². The minimum atomic E-state index is -0.260. The predicted octanol–water partition coefficient (Wildman–Crippen LogP) is 5.09. The van der Waals surface area contributed by atoms with Crippen LogP contribution in [0.1, 0.15) is 64.4 Å². The fourth-order valence-corrected chi connectivity index (χ4v) is 3.84. The minimum Gasteiger partial charge on any atom is -0.493 e. The van der Waals surface area contributed by atoms with Crippen molar-refractivity contribution in [3.05, 3.63) is 29.8 Å². The molecule has 3 rings (SSSR count). The first-order valence-corrected chi connectivity index (χ1v) is 9.83. The third-order valence-electron chi connectivity index (χ3n) is 5.55. The zero-order valence-electron chi connectivity index (χ0n) is 16.1. The van der Waals surface area contributed by atoms with E-state index >= 15 is 0 Å². The second-order valence-electron chi connectivity index (χ2n) is 8.47. The number of nitrogens with zero attached hydrogens (tertiary/aromatic N) is 2. The zero-order valence-corrected chi connectivity index (χ0v) is 16.1. The van der Waals surface area contributed by atoms with Gasteiger partial charge in [-0.05, 0) is 42.4 Å². The first-order valence-electron chi connectivity index (χ1n) is 9.83. The van der Waals surface area contributed by atoms with Gasteiger partial charge in [0, 0.05) is 31.8 Å². The fraction of sp³-hybridized carbons (Fsp3) is 0.636. The van der Waals surface area contributed by atoms with Crippen LogP contribution in [0.2, 0.25) is 0 Å². The Hall–Kier alpha value is -1.86. The van der Waals surface area contributed by atoms with Gasteiger partial charge in [-0.25, -0.2) is 0 Å². The summed E-state index contributed by atoms with van der Waals surface area (Å²) in [5, 5.41) is 12.0. The second kappa shape index (κ2) is 8.22. The summed E-state index contributed by atoms with van der Waals surface area (Å²) in [6, 6.07) is 9.04. The Bertz CT molecular complexity index is 651. The summed E-state index contributed by atoms with van der Waals surface area (Å²) < 4.78 is 5.85. The normalized spacial score (nSPS) is 22.6. The van der Waals surface area contributed by atoms with Crippen LogP contribution in [-0.4, -0.2) is 18.3 Å². The topological polar surface area (TPSA) is 46.0 Å². The molecule has 1 atom stereocenters. The lowest BCUT2D eigenvalue weighted by molar-refractivity contribution is 0.198. The van der Waals surface area contributed by atoms with Crippen molar-refractivity contribution in [2.45, 2.75) is 77.0 Å². The van der Waals surface area contributed by atoms with Crippen molar-refractivity contribution in [3.63, 3.8) is 0 Å². The maximum atomic E-state index is 5.85. The minimum absolute atomic E-state index is 0.260. The molecule has 0 saturated heterocycles. The van der Waals surface area contributed by atoms with Gasteiger partial charge >= 0.3 is 0 Å². The molecular formula is C22H31N3O. The lowest BCUT2D eigenvalue weighted by Gasteiger charge is -2.35. The fourth-order valence-electron chi connectivity index (χ4n) is 3.84. The quantitative estimate of drug-likeness (QED) is 0.629. The molecule has 1 aliphatic heterocycles. The van der Waals surface area contributed by atoms with Crippen LogP contribution in [0, 0.1) is 17.8 Å². The number of nitrogens with one attached hydrogen (secondary N) is 1. The average molecular weight is 354 g/mol. The number of ether oxygens (including phenoxy) is 1. The van der Waals surface area contributed by atoms with Crippen molar-refractivity contribution < 1.29 is 4.74 Å². The average Bonchev–Trinajstić information content (AvgIpc) is 3.39. The van der Waals surface area contributed by atoms with Crippen molar-refractivity contribution in [3.8, 4) is 18.1 Å². The summed E-state index contributed by atoms with van der Waals surface area (Å²) in [7, 11) is 0. The first-order chi connectivity index (χ1) is 12.5. The molecule has 0 bridgehead atoms. The summed E-state index contributed by atoms with van der Waals surface area (Å²) in [5.41, 5.74) is 1.52. The molecule has 1 saturated carbocycles. The van der Waals surface area contributed by atoms with Crippen molar-refractivity contribution >= 4 is 0 Å². The van der Waals surface area contributed by atoms with E-state index in [4.69, 9.17) is 11.2 Å². The molecule has 1 N–H and O–H groups in total. The Kier molecular flexibility index (Phi) is 5.98. The summed E-state index contributed by atoms with van der Waals surface area (Å²) in [6.45, 7) is 6.30. The van der Waals surface area contributed by atoms with E-state index in [0.717, 1.165) is 25.1 Å². The SMILES string of the molecule is C#CCCC1(CCOc2ccc(CNC3CCCC(C)(C)C3)cc2)N=N1. The monoisotopic (exact) mass is 353 g/mol. The van der Waals surface area contributed by atoms with E-state index in [2.05, 4.69) is 59.6 Å². The van der Waals surface area contributed by atoms with Gasteiger partial charge in [-0.2, -0.15) is 10.2 Å². The standard InChI is InChI=1S/C22H31N3O/c1-4-5-13-22(24-25-22)14-15-26-20-10-8-18(9-11-20)17-23-19-7-6-12-21(2,3)16-19/h1,8-11,19,23H,5-7,12-17H2,2-3H3. The molecule has 0 radical (unpaired) electrons. The summed E-state index contributed by atoms with van der Waals surface area (Å²) in [4.78, 5) is 0. The molecule has 4 nitrogen and oxygen atoms in total. The predicted molar refractivity (Wildman–Crippen MR) is 105 cm³/mol. The largest absolute Gasteiger partial charge is 0.493 e. The first kappa shape index (κ1) is 18.9. The number of benzene rings is 1. The zero-order chi connectivity index (χ0) is 18.5. The molecule has 0 amide bonds. The highest BCUT2D eigenvalue weighted by atomic mass is 16.5. The third kappa shape index (κ3) is 5.57. The van der Waals surface area contributed by atoms with E-state index in [9.17, 15) is 0 Å². The van der Waals surface area contributed by atoms with Crippen molar-refractivity contribution in [2.75, 3.05) is 6.61 Å². The molecule has 2 aliphatic rings. The number of terminal acetylenes is 1. The van der Waals surface area contributed by atoms with Crippen LogP contribution in [-0.2, 0) is 6.54 Å². The Morgan fingerprint density at radius 2 is 2.00 bits per heavy atom. The summed E-state index contributed by atoms with van der Waals surface area (Å²) in [5.74, 6) is 3.55. The second-order valence-corrected chi connectivity index (χ2v) is 8.47. The van der Waals surface area contributed by atoms with Gasteiger partial charge in [0.05, 0.1) is 6.61 Å².